The Balaban J connectivity index is 0.00000256. The Bertz CT molecular complexity index is 688. The number of aliphatic hydroxyl groups is 1. The van der Waals surface area contributed by atoms with Gasteiger partial charge >= 0.3 is 0 Å². The van der Waals surface area contributed by atoms with Crippen LogP contribution in [0.2, 0.25) is 0 Å². The van der Waals surface area contributed by atoms with E-state index in [9.17, 15) is 5.11 Å². The maximum atomic E-state index is 10.6. The van der Waals surface area contributed by atoms with E-state index in [-0.39, 0.29) is 24.0 Å². The van der Waals surface area contributed by atoms with Gasteiger partial charge in [-0.15, -0.1) is 24.0 Å². The van der Waals surface area contributed by atoms with Crippen molar-refractivity contribution in [1.82, 2.24) is 20.4 Å². The first-order valence-corrected chi connectivity index (χ1v) is 11.5. The lowest BCUT2D eigenvalue weighted by atomic mass is 10.00. The van der Waals surface area contributed by atoms with E-state index in [2.05, 4.69) is 56.6 Å². The normalized spacial score (nSPS) is 22.1. The molecule has 4 rings (SSSR count). The van der Waals surface area contributed by atoms with Crippen LogP contribution in [0.4, 0.5) is 0 Å². The van der Waals surface area contributed by atoms with Crippen LogP contribution >= 0.6 is 24.0 Å². The predicted octanol–water partition coefficient (Wildman–Crippen LogP) is 2.21. The lowest BCUT2D eigenvalue weighted by Gasteiger charge is -2.33. The smallest absolute Gasteiger partial charge is 0.191 e. The van der Waals surface area contributed by atoms with E-state index in [0.717, 1.165) is 38.1 Å². The summed E-state index contributed by atoms with van der Waals surface area (Å²) in [5, 5.41) is 17.5. The fourth-order valence-electron chi connectivity index (χ4n) is 4.62. The van der Waals surface area contributed by atoms with Gasteiger partial charge in [-0.25, -0.2) is 0 Å². The van der Waals surface area contributed by atoms with Gasteiger partial charge in [0.25, 0.3) is 0 Å². The number of halogens is 1. The highest BCUT2D eigenvalue weighted by molar-refractivity contribution is 14.0. The third-order valence-corrected chi connectivity index (χ3v) is 6.42. The highest BCUT2D eigenvalue weighted by atomic mass is 127. The second kappa shape index (κ2) is 11.6. The number of fused-ring (bicyclic) bond motifs is 1. The van der Waals surface area contributed by atoms with Gasteiger partial charge in [0, 0.05) is 51.4 Å². The van der Waals surface area contributed by atoms with E-state index in [1.165, 1.54) is 49.9 Å². The topological polar surface area (TPSA) is 63.1 Å². The average Bonchev–Trinajstić information content (AvgIpc) is 3.58. The minimum Gasteiger partial charge on any atom is -0.390 e. The van der Waals surface area contributed by atoms with E-state index in [0.29, 0.717) is 19.1 Å². The molecule has 1 unspecified atom stereocenters. The van der Waals surface area contributed by atoms with Crippen LogP contribution in [0, 0.1) is 0 Å². The molecule has 1 atom stereocenters. The van der Waals surface area contributed by atoms with Gasteiger partial charge in [0.2, 0.25) is 0 Å². The zero-order valence-corrected chi connectivity index (χ0v) is 20.6. The zero-order valence-electron chi connectivity index (χ0n) is 18.2. The molecule has 7 heteroatoms. The number of likely N-dealkylation sites (tertiary alicyclic amines) is 1. The molecular weight excluding hydrogens is 489 g/mol. The van der Waals surface area contributed by atoms with Crippen molar-refractivity contribution in [2.75, 3.05) is 39.3 Å². The van der Waals surface area contributed by atoms with Crippen molar-refractivity contribution in [2.24, 2.45) is 4.99 Å². The summed E-state index contributed by atoms with van der Waals surface area (Å²) in [4.78, 5) is 9.67. The number of aliphatic imine (C=N–C) groups is 1. The minimum atomic E-state index is -0.438. The SMILES string of the molecule is CCNC(=NCC(O)CN1CCc2ccccc2C1)NC1CCN(C2CC2)CC1.I. The van der Waals surface area contributed by atoms with Crippen molar-refractivity contribution in [3.63, 3.8) is 0 Å². The molecule has 6 nitrogen and oxygen atoms in total. The van der Waals surface area contributed by atoms with Gasteiger partial charge < -0.3 is 20.6 Å². The number of nitrogens with one attached hydrogen (secondary N) is 2. The Morgan fingerprint density at radius 2 is 1.87 bits per heavy atom. The summed E-state index contributed by atoms with van der Waals surface area (Å²) in [5.74, 6) is 0.848. The lowest BCUT2D eigenvalue weighted by molar-refractivity contribution is 0.111. The Kier molecular flexibility index (Phi) is 9.22. The first-order chi connectivity index (χ1) is 14.2. The van der Waals surface area contributed by atoms with Crippen molar-refractivity contribution in [2.45, 2.75) is 63.8 Å². The second-order valence-electron chi connectivity index (χ2n) is 8.81. The van der Waals surface area contributed by atoms with E-state index in [1.807, 2.05) is 0 Å². The number of aliphatic hydroxyl groups excluding tert-OH is 1. The van der Waals surface area contributed by atoms with Crippen LogP contribution in [0.25, 0.3) is 0 Å². The predicted molar refractivity (Wildman–Crippen MR) is 134 cm³/mol. The Hall–Kier alpha value is -0.900. The van der Waals surface area contributed by atoms with Gasteiger partial charge in [0.1, 0.15) is 0 Å². The summed E-state index contributed by atoms with van der Waals surface area (Å²) in [6, 6.07) is 9.99. The largest absolute Gasteiger partial charge is 0.390 e. The van der Waals surface area contributed by atoms with Gasteiger partial charge in [-0.05, 0) is 50.2 Å². The number of nitrogens with zero attached hydrogens (tertiary/aromatic N) is 3. The van der Waals surface area contributed by atoms with Crippen LogP contribution in [0.3, 0.4) is 0 Å². The van der Waals surface area contributed by atoms with Gasteiger partial charge in [0.05, 0.1) is 12.6 Å². The molecule has 1 aromatic rings. The average molecular weight is 527 g/mol. The lowest BCUT2D eigenvalue weighted by Crippen LogP contribution is -2.49. The standard InChI is InChI=1S/C23H37N5O.HI/c1-2-24-23(26-20-10-13-28(14-11-20)21-7-8-21)25-15-22(29)17-27-12-9-18-5-3-4-6-19(18)16-27;/h3-6,20-22,29H,2,7-17H2,1H3,(H2,24,25,26);1H. The van der Waals surface area contributed by atoms with Crippen LogP contribution in [0.1, 0.15) is 43.7 Å². The first-order valence-electron chi connectivity index (χ1n) is 11.5. The molecule has 0 bridgehead atoms. The highest BCUT2D eigenvalue weighted by Gasteiger charge is 2.31. The maximum absolute atomic E-state index is 10.6. The fraction of sp³-hybridized carbons (Fsp3) is 0.696. The van der Waals surface area contributed by atoms with Gasteiger partial charge in [-0.1, -0.05) is 24.3 Å². The van der Waals surface area contributed by atoms with Crippen molar-refractivity contribution < 1.29 is 5.11 Å². The molecule has 2 aliphatic heterocycles. The number of piperidine rings is 1. The van der Waals surface area contributed by atoms with E-state index >= 15 is 0 Å². The number of guanidine groups is 1. The third kappa shape index (κ3) is 6.80. The van der Waals surface area contributed by atoms with E-state index in [1.54, 1.807) is 0 Å². The maximum Gasteiger partial charge on any atom is 0.191 e. The van der Waals surface area contributed by atoms with Crippen LogP contribution in [0.5, 0.6) is 0 Å². The molecule has 0 radical (unpaired) electrons. The van der Waals surface area contributed by atoms with Crippen LogP contribution in [0.15, 0.2) is 29.3 Å². The van der Waals surface area contributed by atoms with Gasteiger partial charge in [-0.2, -0.15) is 0 Å². The molecule has 0 spiro atoms. The van der Waals surface area contributed by atoms with E-state index in [4.69, 9.17) is 0 Å². The number of β-amino-alcohol motifs (C(OH)–C–C–N with tert-alkyl or cyclic N) is 1. The Morgan fingerprint density at radius 1 is 1.13 bits per heavy atom. The summed E-state index contributed by atoms with van der Waals surface area (Å²) in [7, 11) is 0. The van der Waals surface area contributed by atoms with Crippen molar-refractivity contribution in [3.05, 3.63) is 35.4 Å². The number of hydrogen-bond acceptors (Lipinski definition) is 4. The monoisotopic (exact) mass is 527 g/mol. The summed E-state index contributed by atoms with van der Waals surface area (Å²) < 4.78 is 0. The zero-order chi connectivity index (χ0) is 20.1. The molecule has 168 valence electrons. The Morgan fingerprint density at radius 3 is 2.57 bits per heavy atom. The molecule has 1 aromatic carbocycles. The van der Waals surface area contributed by atoms with Crippen molar-refractivity contribution >= 4 is 29.9 Å². The third-order valence-electron chi connectivity index (χ3n) is 6.42. The second-order valence-corrected chi connectivity index (χ2v) is 8.81. The molecule has 2 heterocycles. The van der Waals surface area contributed by atoms with Crippen LogP contribution in [-0.2, 0) is 13.0 Å². The quantitative estimate of drug-likeness (QED) is 0.289. The molecule has 1 saturated carbocycles. The number of hydrogen-bond donors (Lipinski definition) is 3. The number of rotatable bonds is 7. The summed E-state index contributed by atoms with van der Waals surface area (Å²) >= 11 is 0. The molecule has 1 aliphatic carbocycles. The molecule has 2 fully saturated rings. The molecular formula is C23H38IN5O. The summed E-state index contributed by atoms with van der Waals surface area (Å²) in [6.07, 6.45) is 5.77. The minimum absolute atomic E-state index is 0. The van der Waals surface area contributed by atoms with Crippen LogP contribution in [-0.4, -0.2) is 78.3 Å². The van der Waals surface area contributed by atoms with E-state index < -0.39 is 6.10 Å². The van der Waals surface area contributed by atoms with Crippen molar-refractivity contribution in [3.8, 4) is 0 Å². The number of benzene rings is 1. The summed E-state index contributed by atoms with van der Waals surface area (Å²) in [5.41, 5.74) is 2.84. The highest BCUT2D eigenvalue weighted by Crippen LogP contribution is 2.29. The molecule has 3 N–H and O–H groups in total. The van der Waals surface area contributed by atoms with Gasteiger partial charge in [-0.3, -0.25) is 9.89 Å². The molecule has 3 aliphatic rings. The molecule has 30 heavy (non-hydrogen) atoms. The van der Waals surface area contributed by atoms with Crippen LogP contribution < -0.4 is 10.6 Å². The van der Waals surface area contributed by atoms with Crippen molar-refractivity contribution in [1.29, 1.82) is 0 Å². The van der Waals surface area contributed by atoms with Gasteiger partial charge in [0.15, 0.2) is 5.96 Å². The molecule has 1 saturated heterocycles. The first kappa shape index (κ1) is 23.8. The fourth-order valence-corrected chi connectivity index (χ4v) is 4.62. The molecule has 0 aromatic heterocycles. The Labute approximate surface area is 198 Å². The summed E-state index contributed by atoms with van der Waals surface area (Å²) in [6.45, 7) is 8.37. The molecule has 0 amide bonds.